The van der Waals surface area contributed by atoms with E-state index in [0.717, 1.165) is 36.3 Å². The van der Waals surface area contributed by atoms with Crippen molar-refractivity contribution in [3.63, 3.8) is 0 Å². The van der Waals surface area contributed by atoms with Gasteiger partial charge in [-0.1, -0.05) is 12.5 Å². The summed E-state index contributed by atoms with van der Waals surface area (Å²) < 4.78 is 0. The van der Waals surface area contributed by atoms with Crippen molar-refractivity contribution in [3.8, 4) is 17.0 Å². The Kier molecular flexibility index (Phi) is 4.97. The number of hydrogen-bond donors (Lipinski definition) is 2. The van der Waals surface area contributed by atoms with Crippen LogP contribution in [0.3, 0.4) is 0 Å². The van der Waals surface area contributed by atoms with Gasteiger partial charge in [0, 0.05) is 17.3 Å². The van der Waals surface area contributed by atoms with Crippen molar-refractivity contribution in [1.29, 1.82) is 0 Å². The molecule has 23 heavy (non-hydrogen) atoms. The largest absolute Gasteiger partial charge is 0.508 e. The average molecular weight is 310 g/mol. The summed E-state index contributed by atoms with van der Waals surface area (Å²) in [6.07, 6.45) is 6.01. The summed E-state index contributed by atoms with van der Waals surface area (Å²) in [6.45, 7) is 5.23. The van der Waals surface area contributed by atoms with Gasteiger partial charge in [-0.25, -0.2) is 0 Å². The molecule has 1 fully saturated rings. The van der Waals surface area contributed by atoms with E-state index in [1.165, 1.54) is 30.4 Å². The van der Waals surface area contributed by atoms with Crippen LogP contribution in [0.15, 0.2) is 30.3 Å². The average Bonchev–Trinajstić information content (AvgIpc) is 2.56. The molecule has 1 aromatic carbocycles. The molecule has 1 aromatic heterocycles. The molecule has 2 heterocycles. The van der Waals surface area contributed by atoms with Crippen LogP contribution in [0.1, 0.15) is 42.5 Å². The predicted molar refractivity (Wildman–Crippen MR) is 94.8 cm³/mol. The molecule has 2 N–H and O–H groups in total. The van der Waals surface area contributed by atoms with Gasteiger partial charge in [0.05, 0.1) is 5.69 Å². The topological polar surface area (TPSA) is 45.1 Å². The summed E-state index contributed by atoms with van der Waals surface area (Å²) in [5.41, 5.74) is 5.35. The van der Waals surface area contributed by atoms with Crippen LogP contribution in [0, 0.1) is 13.8 Å². The zero-order valence-electron chi connectivity index (χ0n) is 14.1. The first-order chi connectivity index (χ1) is 11.1. The van der Waals surface area contributed by atoms with Crippen LogP contribution in [0.5, 0.6) is 5.75 Å². The number of nitrogens with zero attached hydrogens (tertiary/aromatic N) is 1. The highest BCUT2D eigenvalue weighted by molar-refractivity contribution is 5.63. The van der Waals surface area contributed by atoms with Crippen molar-refractivity contribution in [3.05, 3.63) is 47.2 Å². The van der Waals surface area contributed by atoms with E-state index in [1.807, 2.05) is 19.1 Å². The Morgan fingerprint density at radius 2 is 2.04 bits per heavy atom. The van der Waals surface area contributed by atoms with Crippen LogP contribution in [0.4, 0.5) is 0 Å². The summed E-state index contributed by atoms with van der Waals surface area (Å²) in [4.78, 5) is 4.65. The fraction of sp³-hybridized carbons (Fsp3) is 0.450. The summed E-state index contributed by atoms with van der Waals surface area (Å²) >= 11 is 0. The van der Waals surface area contributed by atoms with Crippen molar-refractivity contribution >= 4 is 0 Å². The lowest BCUT2D eigenvalue weighted by Crippen LogP contribution is -2.34. The molecule has 0 spiro atoms. The van der Waals surface area contributed by atoms with Gasteiger partial charge in [-0.05, 0) is 81.5 Å². The van der Waals surface area contributed by atoms with Crippen molar-refractivity contribution in [2.24, 2.45) is 0 Å². The molecule has 0 bridgehead atoms. The van der Waals surface area contributed by atoms with E-state index in [0.29, 0.717) is 11.8 Å². The molecular formula is C20H26N2O. The summed E-state index contributed by atoms with van der Waals surface area (Å²) in [5, 5.41) is 13.7. The molecule has 0 amide bonds. The Labute approximate surface area is 138 Å². The standard InChI is InChI=1S/C20H26N2O/c1-14-6-9-20(22-15(14)2)17-11-16(12-19(23)13-17)7-8-18-5-3-4-10-21-18/h6,9,11-13,18,21,23H,3-5,7-8,10H2,1-2H3/t18-/m0/s1. The van der Waals surface area contributed by atoms with Crippen LogP contribution in [0.25, 0.3) is 11.3 Å². The van der Waals surface area contributed by atoms with E-state index in [-0.39, 0.29) is 0 Å². The monoisotopic (exact) mass is 310 g/mol. The first-order valence-corrected chi connectivity index (χ1v) is 8.63. The number of piperidine rings is 1. The van der Waals surface area contributed by atoms with Crippen molar-refractivity contribution < 1.29 is 5.11 Å². The second-order valence-electron chi connectivity index (χ2n) is 6.67. The second kappa shape index (κ2) is 7.14. The lowest BCUT2D eigenvalue weighted by molar-refractivity contribution is 0.382. The minimum absolute atomic E-state index is 0.328. The van der Waals surface area contributed by atoms with Crippen molar-refractivity contribution in [2.75, 3.05) is 6.54 Å². The third-order valence-corrected chi connectivity index (χ3v) is 4.82. The molecular weight excluding hydrogens is 284 g/mol. The summed E-state index contributed by atoms with van der Waals surface area (Å²) in [5.74, 6) is 0.328. The number of nitrogens with one attached hydrogen (secondary N) is 1. The maximum Gasteiger partial charge on any atom is 0.116 e. The van der Waals surface area contributed by atoms with Gasteiger partial charge in [0.25, 0.3) is 0 Å². The van der Waals surface area contributed by atoms with Crippen LogP contribution in [-0.2, 0) is 6.42 Å². The number of aryl methyl sites for hydroxylation is 3. The van der Waals surface area contributed by atoms with Crippen LogP contribution >= 0.6 is 0 Å². The third-order valence-electron chi connectivity index (χ3n) is 4.82. The quantitative estimate of drug-likeness (QED) is 0.892. The first kappa shape index (κ1) is 16.0. The van der Waals surface area contributed by atoms with Gasteiger partial charge in [-0.15, -0.1) is 0 Å². The molecule has 1 aliphatic rings. The van der Waals surface area contributed by atoms with Gasteiger partial charge in [0.15, 0.2) is 0 Å². The first-order valence-electron chi connectivity index (χ1n) is 8.63. The molecule has 3 rings (SSSR count). The minimum Gasteiger partial charge on any atom is -0.508 e. The number of phenolic OH excluding ortho intramolecular Hbond substituents is 1. The van der Waals surface area contributed by atoms with E-state index in [9.17, 15) is 5.11 Å². The predicted octanol–water partition coefficient (Wildman–Crippen LogP) is 4.15. The Bertz CT molecular complexity index is 675. The minimum atomic E-state index is 0.328. The molecule has 3 nitrogen and oxygen atoms in total. The third kappa shape index (κ3) is 4.11. The maximum absolute atomic E-state index is 10.1. The molecule has 0 radical (unpaired) electrons. The number of pyridine rings is 1. The Hall–Kier alpha value is -1.87. The van der Waals surface area contributed by atoms with E-state index < -0.39 is 0 Å². The van der Waals surface area contributed by atoms with E-state index in [1.54, 1.807) is 6.07 Å². The Balaban J connectivity index is 1.76. The lowest BCUT2D eigenvalue weighted by Gasteiger charge is -2.23. The molecule has 0 unspecified atom stereocenters. The molecule has 0 aliphatic carbocycles. The molecule has 122 valence electrons. The fourth-order valence-corrected chi connectivity index (χ4v) is 3.27. The van der Waals surface area contributed by atoms with Crippen molar-refractivity contribution in [2.45, 2.75) is 52.0 Å². The second-order valence-corrected chi connectivity index (χ2v) is 6.67. The van der Waals surface area contributed by atoms with Crippen LogP contribution < -0.4 is 5.32 Å². The highest BCUT2D eigenvalue weighted by atomic mass is 16.3. The molecule has 1 aliphatic heterocycles. The summed E-state index contributed by atoms with van der Waals surface area (Å²) in [7, 11) is 0. The highest BCUT2D eigenvalue weighted by Crippen LogP contribution is 2.26. The number of phenols is 1. The van der Waals surface area contributed by atoms with Gasteiger partial charge in [0.2, 0.25) is 0 Å². The van der Waals surface area contributed by atoms with E-state index >= 15 is 0 Å². The van der Waals surface area contributed by atoms with Crippen LogP contribution in [0.2, 0.25) is 0 Å². The normalized spacial score (nSPS) is 18.1. The molecule has 2 aromatic rings. The number of benzene rings is 1. The van der Waals surface area contributed by atoms with Gasteiger partial charge in [-0.3, -0.25) is 4.98 Å². The number of rotatable bonds is 4. The van der Waals surface area contributed by atoms with Gasteiger partial charge < -0.3 is 10.4 Å². The van der Waals surface area contributed by atoms with Crippen LogP contribution in [-0.4, -0.2) is 22.7 Å². The number of aromatic hydroxyl groups is 1. The van der Waals surface area contributed by atoms with Gasteiger partial charge >= 0.3 is 0 Å². The lowest BCUT2D eigenvalue weighted by atomic mass is 9.96. The number of hydrogen-bond acceptors (Lipinski definition) is 3. The Morgan fingerprint density at radius 3 is 2.78 bits per heavy atom. The summed E-state index contributed by atoms with van der Waals surface area (Å²) in [6, 6.07) is 10.6. The van der Waals surface area contributed by atoms with E-state index in [2.05, 4.69) is 29.4 Å². The smallest absolute Gasteiger partial charge is 0.116 e. The number of aromatic nitrogens is 1. The Morgan fingerprint density at radius 1 is 1.17 bits per heavy atom. The fourth-order valence-electron chi connectivity index (χ4n) is 3.27. The zero-order chi connectivity index (χ0) is 16.2. The molecule has 0 saturated carbocycles. The molecule has 3 heteroatoms. The van der Waals surface area contributed by atoms with Gasteiger partial charge in [0.1, 0.15) is 5.75 Å². The van der Waals surface area contributed by atoms with Crippen molar-refractivity contribution in [1.82, 2.24) is 10.3 Å². The molecule has 1 saturated heterocycles. The molecule has 1 atom stereocenters. The van der Waals surface area contributed by atoms with E-state index in [4.69, 9.17) is 0 Å². The SMILES string of the molecule is Cc1ccc(-c2cc(O)cc(CC[C@@H]3CCCCN3)c2)nc1C. The van der Waals surface area contributed by atoms with Gasteiger partial charge in [-0.2, -0.15) is 0 Å². The zero-order valence-corrected chi connectivity index (χ0v) is 14.1. The maximum atomic E-state index is 10.1. The highest BCUT2D eigenvalue weighted by Gasteiger charge is 2.13.